The average molecular weight is 211 g/mol. The number of amides is 1. The fourth-order valence-electron chi connectivity index (χ4n) is 1.09. The van der Waals surface area contributed by atoms with Crippen molar-refractivity contribution in [1.82, 2.24) is 5.32 Å². The molecular formula is C10H13NO4. The number of hydrogen-bond acceptors (Lipinski definition) is 3. The third-order valence-corrected chi connectivity index (χ3v) is 1.84. The molecule has 1 heterocycles. The lowest BCUT2D eigenvalue weighted by Gasteiger charge is -2.01. The second-order valence-electron chi connectivity index (χ2n) is 3.07. The molecule has 0 bridgehead atoms. The molecule has 1 aromatic rings. The molecule has 1 amide bonds. The Kier molecular flexibility index (Phi) is 4.40. The summed E-state index contributed by atoms with van der Waals surface area (Å²) in [4.78, 5) is 21.2. The first-order valence-corrected chi connectivity index (χ1v) is 4.69. The molecule has 0 aliphatic carbocycles. The minimum absolute atomic E-state index is 0.0213. The Morgan fingerprint density at radius 1 is 1.40 bits per heavy atom. The van der Waals surface area contributed by atoms with Gasteiger partial charge in [0.05, 0.1) is 12.7 Å². The molecule has 0 unspecified atom stereocenters. The number of hydrogen-bond donors (Lipinski definition) is 2. The Hall–Kier alpha value is -1.78. The Morgan fingerprint density at radius 2 is 2.20 bits per heavy atom. The van der Waals surface area contributed by atoms with Gasteiger partial charge in [0.2, 0.25) is 5.91 Å². The molecule has 0 fully saturated rings. The standard InChI is InChI=1S/C10H13NO4/c12-9(3-4-10(13)14)11-6-5-8-2-1-7-15-8/h1-2,7H,3-6H2,(H,11,12)(H,13,14). The lowest BCUT2D eigenvalue weighted by molar-refractivity contribution is -0.138. The summed E-state index contributed by atoms with van der Waals surface area (Å²) in [5.74, 6) is -0.409. The van der Waals surface area contributed by atoms with Crippen LogP contribution in [0.15, 0.2) is 22.8 Å². The van der Waals surface area contributed by atoms with Crippen molar-refractivity contribution in [3.8, 4) is 0 Å². The molecular weight excluding hydrogens is 198 g/mol. The Labute approximate surface area is 87.1 Å². The van der Waals surface area contributed by atoms with Crippen molar-refractivity contribution >= 4 is 11.9 Å². The summed E-state index contributed by atoms with van der Waals surface area (Å²) >= 11 is 0. The van der Waals surface area contributed by atoms with Gasteiger partial charge in [0, 0.05) is 19.4 Å². The molecule has 0 radical (unpaired) electrons. The monoisotopic (exact) mass is 211 g/mol. The number of carbonyl (C=O) groups excluding carboxylic acids is 1. The van der Waals surface area contributed by atoms with Crippen LogP contribution in [0.2, 0.25) is 0 Å². The van der Waals surface area contributed by atoms with Crippen LogP contribution in [0.3, 0.4) is 0 Å². The molecule has 0 spiro atoms. The maximum atomic E-state index is 11.1. The van der Waals surface area contributed by atoms with E-state index < -0.39 is 5.97 Å². The largest absolute Gasteiger partial charge is 0.481 e. The molecule has 5 heteroatoms. The predicted molar refractivity (Wildman–Crippen MR) is 52.3 cm³/mol. The minimum atomic E-state index is -0.962. The summed E-state index contributed by atoms with van der Waals surface area (Å²) in [6.07, 6.45) is 2.08. The van der Waals surface area contributed by atoms with E-state index in [1.807, 2.05) is 6.07 Å². The van der Waals surface area contributed by atoms with Crippen molar-refractivity contribution < 1.29 is 19.1 Å². The summed E-state index contributed by atoms with van der Waals surface area (Å²) in [5, 5.41) is 11.0. The molecule has 1 rings (SSSR count). The molecule has 0 aliphatic heterocycles. The van der Waals surface area contributed by atoms with E-state index in [0.29, 0.717) is 13.0 Å². The summed E-state index contributed by atoms with van der Waals surface area (Å²) in [7, 11) is 0. The van der Waals surface area contributed by atoms with E-state index in [1.54, 1.807) is 12.3 Å². The van der Waals surface area contributed by atoms with Crippen molar-refractivity contribution in [3.05, 3.63) is 24.2 Å². The Bertz CT molecular complexity index is 318. The second kappa shape index (κ2) is 5.85. The van der Waals surface area contributed by atoms with Crippen LogP contribution >= 0.6 is 0 Å². The second-order valence-corrected chi connectivity index (χ2v) is 3.07. The highest BCUT2D eigenvalue weighted by molar-refractivity contribution is 5.80. The van der Waals surface area contributed by atoms with Crippen LogP contribution in [0.1, 0.15) is 18.6 Å². The van der Waals surface area contributed by atoms with E-state index in [1.165, 1.54) is 0 Å². The Balaban J connectivity index is 2.09. The first kappa shape index (κ1) is 11.3. The molecule has 82 valence electrons. The van der Waals surface area contributed by atoms with Gasteiger partial charge in [0.15, 0.2) is 0 Å². The summed E-state index contributed by atoms with van der Waals surface area (Å²) in [5.41, 5.74) is 0. The lowest BCUT2D eigenvalue weighted by atomic mass is 10.3. The zero-order chi connectivity index (χ0) is 11.1. The predicted octanol–water partition coefficient (Wildman–Crippen LogP) is 0.803. The van der Waals surface area contributed by atoms with E-state index in [-0.39, 0.29) is 18.7 Å². The number of aliphatic carboxylic acids is 1. The van der Waals surface area contributed by atoms with Crippen molar-refractivity contribution in [2.45, 2.75) is 19.3 Å². The number of nitrogens with one attached hydrogen (secondary N) is 1. The van der Waals surface area contributed by atoms with Crippen LogP contribution in [0, 0.1) is 0 Å². The highest BCUT2D eigenvalue weighted by Gasteiger charge is 2.04. The van der Waals surface area contributed by atoms with Crippen LogP contribution in [0.4, 0.5) is 0 Å². The quantitative estimate of drug-likeness (QED) is 0.729. The number of carboxylic acids is 1. The number of carboxylic acid groups (broad SMARTS) is 1. The first-order chi connectivity index (χ1) is 7.18. The van der Waals surface area contributed by atoms with Crippen LogP contribution in [-0.2, 0) is 16.0 Å². The van der Waals surface area contributed by atoms with Gasteiger partial charge in [-0.3, -0.25) is 9.59 Å². The molecule has 2 N–H and O–H groups in total. The zero-order valence-corrected chi connectivity index (χ0v) is 8.23. The van der Waals surface area contributed by atoms with Crippen molar-refractivity contribution in [1.29, 1.82) is 0 Å². The SMILES string of the molecule is O=C(O)CCC(=O)NCCc1ccco1. The average Bonchev–Trinajstić information content (AvgIpc) is 2.67. The summed E-state index contributed by atoms with van der Waals surface area (Å²) in [6.45, 7) is 0.464. The minimum Gasteiger partial charge on any atom is -0.481 e. The molecule has 0 aromatic carbocycles. The smallest absolute Gasteiger partial charge is 0.303 e. The maximum Gasteiger partial charge on any atom is 0.303 e. The summed E-state index contributed by atoms with van der Waals surface area (Å²) < 4.78 is 5.07. The van der Waals surface area contributed by atoms with Gasteiger partial charge in [-0.1, -0.05) is 0 Å². The van der Waals surface area contributed by atoms with Gasteiger partial charge in [-0.2, -0.15) is 0 Å². The van der Waals surface area contributed by atoms with E-state index in [4.69, 9.17) is 9.52 Å². The van der Waals surface area contributed by atoms with Crippen molar-refractivity contribution in [2.24, 2.45) is 0 Å². The number of carbonyl (C=O) groups is 2. The third-order valence-electron chi connectivity index (χ3n) is 1.84. The van der Waals surface area contributed by atoms with E-state index in [9.17, 15) is 9.59 Å². The fourth-order valence-corrected chi connectivity index (χ4v) is 1.09. The van der Waals surface area contributed by atoms with Crippen molar-refractivity contribution in [2.75, 3.05) is 6.54 Å². The molecule has 1 aromatic heterocycles. The van der Waals surface area contributed by atoms with Crippen LogP contribution < -0.4 is 5.32 Å². The van der Waals surface area contributed by atoms with Gasteiger partial charge in [-0.25, -0.2) is 0 Å². The van der Waals surface area contributed by atoms with Crippen LogP contribution in [-0.4, -0.2) is 23.5 Å². The zero-order valence-electron chi connectivity index (χ0n) is 8.23. The first-order valence-electron chi connectivity index (χ1n) is 4.69. The molecule has 0 saturated carbocycles. The fraction of sp³-hybridized carbons (Fsp3) is 0.400. The van der Waals surface area contributed by atoms with Gasteiger partial charge in [0.1, 0.15) is 5.76 Å². The maximum absolute atomic E-state index is 11.1. The van der Waals surface area contributed by atoms with Gasteiger partial charge < -0.3 is 14.8 Å². The van der Waals surface area contributed by atoms with Crippen LogP contribution in [0.25, 0.3) is 0 Å². The highest BCUT2D eigenvalue weighted by Crippen LogP contribution is 1.99. The third kappa shape index (κ3) is 4.85. The van der Waals surface area contributed by atoms with Gasteiger partial charge in [0.25, 0.3) is 0 Å². The number of furan rings is 1. The topological polar surface area (TPSA) is 79.5 Å². The Morgan fingerprint density at radius 3 is 2.80 bits per heavy atom. The number of rotatable bonds is 6. The summed E-state index contributed by atoms with van der Waals surface area (Å²) in [6, 6.07) is 3.60. The van der Waals surface area contributed by atoms with Gasteiger partial charge in [-0.05, 0) is 12.1 Å². The van der Waals surface area contributed by atoms with Crippen molar-refractivity contribution in [3.63, 3.8) is 0 Å². The molecule has 0 aliphatic rings. The normalized spacial score (nSPS) is 9.87. The molecule has 0 saturated heterocycles. The van der Waals surface area contributed by atoms with E-state index in [2.05, 4.69) is 5.32 Å². The van der Waals surface area contributed by atoms with E-state index >= 15 is 0 Å². The molecule has 5 nitrogen and oxygen atoms in total. The van der Waals surface area contributed by atoms with Crippen LogP contribution in [0.5, 0.6) is 0 Å². The molecule has 15 heavy (non-hydrogen) atoms. The van der Waals surface area contributed by atoms with E-state index in [0.717, 1.165) is 5.76 Å². The highest BCUT2D eigenvalue weighted by atomic mass is 16.4. The lowest BCUT2D eigenvalue weighted by Crippen LogP contribution is -2.25. The van der Waals surface area contributed by atoms with Gasteiger partial charge in [-0.15, -0.1) is 0 Å². The molecule has 0 atom stereocenters. The van der Waals surface area contributed by atoms with Gasteiger partial charge >= 0.3 is 5.97 Å².